The van der Waals surface area contributed by atoms with Crippen molar-refractivity contribution in [3.63, 3.8) is 0 Å². The maximum absolute atomic E-state index is 6.61. The smallest absolute Gasteiger partial charge is 0.159 e. The Bertz CT molecular complexity index is 3070. The highest BCUT2D eigenvalue weighted by Crippen LogP contribution is 2.45. The summed E-state index contributed by atoms with van der Waals surface area (Å²) >= 11 is 0. The quantitative estimate of drug-likeness (QED) is 0.172. The number of anilines is 3. The second-order valence-electron chi connectivity index (χ2n) is 14.4. The number of benzene rings is 8. The molecular weight excluding hydrogens is 669 g/mol. The highest BCUT2D eigenvalue weighted by molar-refractivity contribution is 6.11. The Balaban J connectivity index is 1.02. The monoisotopic (exact) mass is 704 g/mol. The van der Waals surface area contributed by atoms with Crippen LogP contribution in [0.5, 0.6) is 0 Å². The minimum atomic E-state index is 0.878. The van der Waals surface area contributed by atoms with E-state index in [4.69, 9.17) is 4.42 Å². The molecule has 0 radical (unpaired) electrons. The van der Waals surface area contributed by atoms with Crippen molar-refractivity contribution in [2.75, 3.05) is 4.90 Å². The molecule has 0 N–H and O–H groups in total. The van der Waals surface area contributed by atoms with Gasteiger partial charge in [0.15, 0.2) is 5.58 Å². The summed E-state index contributed by atoms with van der Waals surface area (Å²) < 4.78 is 9.08. The molecule has 0 amide bonds. The van der Waals surface area contributed by atoms with Crippen molar-refractivity contribution >= 4 is 66.8 Å². The molecule has 0 aliphatic heterocycles. The van der Waals surface area contributed by atoms with Crippen LogP contribution in [0.3, 0.4) is 0 Å². The Labute approximate surface area is 319 Å². The predicted octanol–water partition coefficient (Wildman–Crippen LogP) is 14.4. The second kappa shape index (κ2) is 12.8. The van der Waals surface area contributed by atoms with Gasteiger partial charge in [0, 0.05) is 44.2 Å². The number of allylic oxidation sites excluding steroid dienone is 1. The van der Waals surface area contributed by atoms with E-state index in [0.717, 1.165) is 51.8 Å². The second-order valence-corrected chi connectivity index (χ2v) is 14.4. The van der Waals surface area contributed by atoms with Crippen molar-refractivity contribution in [2.24, 2.45) is 0 Å². The van der Waals surface area contributed by atoms with Crippen molar-refractivity contribution in [1.29, 1.82) is 0 Å². The molecule has 0 bridgehead atoms. The topological polar surface area (TPSA) is 21.3 Å². The Morgan fingerprint density at radius 1 is 0.491 bits per heavy atom. The van der Waals surface area contributed by atoms with Gasteiger partial charge in [0.25, 0.3) is 0 Å². The minimum absolute atomic E-state index is 0.878. The zero-order chi connectivity index (χ0) is 36.3. The average Bonchev–Trinajstić information content (AvgIpc) is 3.81. The van der Waals surface area contributed by atoms with Gasteiger partial charge in [-0.15, -0.1) is 0 Å². The molecule has 0 unspecified atom stereocenters. The molecule has 11 rings (SSSR count). The van der Waals surface area contributed by atoms with Gasteiger partial charge in [-0.3, -0.25) is 0 Å². The molecule has 260 valence electrons. The van der Waals surface area contributed by atoms with Gasteiger partial charge < -0.3 is 13.9 Å². The number of furan rings is 1. The van der Waals surface area contributed by atoms with Gasteiger partial charge in [0.05, 0.1) is 16.9 Å². The molecule has 1 aliphatic rings. The van der Waals surface area contributed by atoms with Gasteiger partial charge in [0.1, 0.15) is 5.58 Å². The lowest BCUT2D eigenvalue weighted by Crippen LogP contribution is -2.10. The molecule has 10 aromatic rings. The average molecular weight is 705 g/mol. The first-order valence-electron chi connectivity index (χ1n) is 19.1. The molecule has 0 atom stereocenters. The number of para-hydroxylation sites is 2. The molecule has 8 aromatic carbocycles. The van der Waals surface area contributed by atoms with E-state index in [9.17, 15) is 0 Å². The lowest BCUT2D eigenvalue weighted by atomic mass is 9.98. The van der Waals surface area contributed by atoms with Gasteiger partial charge in [-0.1, -0.05) is 140 Å². The van der Waals surface area contributed by atoms with Gasteiger partial charge in [0.2, 0.25) is 0 Å². The number of nitrogens with zero attached hydrogens (tertiary/aromatic N) is 2. The van der Waals surface area contributed by atoms with E-state index in [1.165, 1.54) is 60.9 Å². The summed E-state index contributed by atoms with van der Waals surface area (Å²) in [7, 11) is 0. The van der Waals surface area contributed by atoms with E-state index >= 15 is 0 Å². The SMILES string of the molecule is C1=Cc2c(n(-c3ccc(-c4ccccc4)cc3)c3ccc(-c4ccc(N(c5cccc6ccccc56)c5cccc6c5oc5ccccc56)cc4)cc23)CC1. The number of fused-ring (bicyclic) bond motifs is 7. The third kappa shape index (κ3) is 5.20. The Morgan fingerprint density at radius 2 is 1.15 bits per heavy atom. The summed E-state index contributed by atoms with van der Waals surface area (Å²) in [5.74, 6) is 0. The minimum Gasteiger partial charge on any atom is -0.454 e. The molecule has 1 aliphatic carbocycles. The van der Waals surface area contributed by atoms with E-state index in [2.05, 4.69) is 198 Å². The summed E-state index contributed by atoms with van der Waals surface area (Å²) in [6, 6.07) is 65.5. The van der Waals surface area contributed by atoms with E-state index in [1.54, 1.807) is 0 Å². The zero-order valence-corrected chi connectivity index (χ0v) is 30.2. The number of aromatic nitrogens is 1. The summed E-state index contributed by atoms with van der Waals surface area (Å²) in [6.07, 6.45) is 6.71. The van der Waals surface area contributed by atoms with Crippen LogP contribution in [-0.2, 0) is 6.42 Å². The lowest BCUT2D eigenvalue weighted by Gasteiger charge is -2.27. The molecule has 55 heavy (non-hydrogen) atoms. The molecule has 0 fully saturated rings. The molecule has 0 saturated carbocycles. The van der Waals surface area contributed by atoms with Gasteiger partial charge in [-0.05, 0) is 95.1 Å². The third-order valence-electron chi connectivity index (χ3n) is 11.3. The van der Waals surface area contributed by atoms with Crippen molar-refractivity contribution in [2.45, 2.75) is 12.8 Å². The maximum Gasteiger partial charge on any atom is 0.159 e. The molecular formula is C52H36N2O. The van der Waals surface area contributed by atoms with Crippen LogP contribution in [0.4, 0.5) is 17.1 Å². The van der Waals surface area contributed by atoms with E-state index in [-0.39, 0.29) is 0 Å². The molecule has 0 spiro atoms. The van der Waals surface area contributed by atoms with Crippen LogP contribution in [0, 0.1) is 0 Å². The van der Waals surface area contributed by atoms with Crippen LogP contribution in [-0.4, -0.2) is 4.57 Å². The van der Waals surface area contributed by atoms with Crippen molar-refractivity contribution in [1.82, 2.24) is 4.57 Å². The van der Waals surface area contributed by atoms with Gasteiger partial charge in [-0.25, -0.2) is 0 Å². The fraction of sp³-hybridized carbons (Fsp3) is 0.0385. The Morgan fingerprint density at radius 3 is 2.02 bits per heavy atom. The Hall–Kier alpha value is -7.10. The van der Waals surface area contributed by atoms with Crippen molar-refractivity contribution in [3.8, 4) is 27.9 Å². The van der Waals surface area contributed by atoms with Crippen LogP contribution >= 0.6 is 0 Å². The first kappa shape index (κ1) is 31.4. The van der Waals surface area contributed by atoms with Gasteiger partial charge in [-0.2, -0.15) is 0 Å². The van der Waals surface area contributed by atoms with Crippen LogP contribution in [0.15, 0.2) is 192 Å². The molecule has 2 aromatic heterocycles. The molecule has 0 saturated heterocycles. The summed E-state index contributed by atoms with van der Waals surface area (Å²) in [4.78, 5) is 2.35. The lowest BCUT2D eigenvalue weighted by molar-refractivity contribution is 0.669. The number of hydrogen-bond donors (Lipinski definition) is 0. The molecule has 3 nitrogen and oxygen atoms in total. The summed E-state index contributed by atoms with van der Waals surface area (Å²) in [5.41, 5.74) is 15.0. The third-order valence-corrected chi connectivity index (χ3v) is 11.3. The highest BCUT2D eigenvalue weighted by atomic mass is 16.3. The first-order valence-corrected chi connectivity index (χ1v) is 19.1. The van der Waals surface area contributed by atoms with E-state index < -0.39 is 0 Å². The van der Waals surface area contributed by atoms with Crippen LogP contribution < -0.4 is 4.90 Å². The van der Waals surface area contributed by atoms with E-state index in [1.807, 2.05) is 6.07 Å². The largest absolute Gasteiger partial charge is 0.454 e. The molecule has 3 heteroatoms. The normalized spacial score (nSPS) is 12.5. The zero-order valence-electron chi connectivity index (χ0n) is 30.2. The van der Waals surface area contributed by atoms with Crippen LogP contribution in [0.2, 0.25) is 0 Å². The predicted molar refractivity (Wildman–Crippen MR) is 231 cm³/mol. The summed E-state index contributed by atoms with van der Waals surface area (Å²) in [5, 5.41) is 5.90. The molecule has 2 heterocycles. The highest BCUT2D eigenvalue weighted by Gasteiger charge is 2.22. The van der Waals surface area contributed by atoms with Crippen molar-refractivity contribution < 1.29 is 4.42 Å². The number of rotatable bonds is 6. The maximum atomic E-state index is 6.61. The summed E-state index contributed by atoms with van der Waals surface area (Å²) in [6.45, 7) is 0. The van der Waals surface area contributed by atoms with Crippen LogP contribution in [0.25, 0.3) is 77.6 Å². The Kier molecular flexibility index (Phi) is 7.31. The van der Waals surface area contributed by atoms with Crippen molar-refractivity contribution in [3.05, 3.63) is 199 Å². The fourth-order valence-corrected chi connectivity index (χ4v) is 8.65. The van der Waals surface area contributed by atoms with E-state index in [0.29, 0.717) is 0 Å². The van der Waals surface area contributed by atoms with Crippen LogP contribution in [0.1, 0.15) is 17.7 Å². The number of hydrogen-bond acceptors (Lipinski definition) is 2. The standard InChI is InChI=1S/C52H36N2O/c1-2-12-35(13-3-1)36-24-29-40(30-25-36)53-48-20-8-6-17-43(48)46-34-39(28-33-49(46)53)37-26-31-41(32-27-37)54(47-21-10-15-38-14-4-5-16-42(38)47)50-22-11-19-45-44-18-7-9-23-51(44)55-52(45)50/h1-7,9-19,21-34H,8,20H2. The fourth-order valence-electron chi connectivity index (χ4n) is 8.65. The first-order chi connectivity index (χ1) is 27.3. The van der Waals surface area contributed by atoms with Gasteiger partial charge >= 0.3 is 0 Å².